The second kappa shape index (κ2) is 6.41. The van der Waals surface area contributed by atoms with E-state index in [0.717, 1.165) is 0 Å². The lowest BCUT2D eigenvalue weighted by Crippen LogP contribution is -2.31. The van der Waals surface area contributed by atoms with Crippen LogP contribution in [0, 0.1) is 11.7 Å². The predicted octanol–water partition coefficient (Wildman–Crippen LogP) is 1.92. The van der Waals surface area contributed by atoms with Crippen LogP contribution in [0.2, 0.25) is 0 Å². The number of hydrogen-bond donors (Lipinski definition) is 2. The van der Waals surface area contributed by atoms with Gasteiger partial charge in [-0.3, -0.25) is 4.79 Å². The summed E-state index contributed by atoms with van der Waals surface area (Å²) in [4.78, 5) is 13.3. The van der Waals surface area contributed by atoms with Crippen molar-refractivity contribution < 1.29 is 19.0 Å². The summed E-state index contributed by atoms with van der Waals surface area (Å²) in [6, 6.07) is 2.81. The maximum absolute atomic E-state index is 14.3. The highest BCUT2D eigenvalue weighted by Gasteiger charge is 2.30. The predicted molar refractivity (Wildman–Crippen MR) is 78.9 cm³/mol. The van der Waals surface area contributed by atoms with Gasteiger partial charge in [-0.25, -0.2) is 4.39 Å². The second-order valence-corrected chi connectivity index (χ2v) is 5.62. The molecule has 5 nitrogen and oxygen atoms in total. The number of carbonyl (C=O) groups excluding carboxylic acids is 1. The molecule has 2 N–H and O–H groups in total. The molecule has 2 rings (SSSR count). The molecule has 0 aliphatic carbocycles. The summed E-state index contributed by atoms with van der Waals surface area (Å²) in [5, 5.41) is 12.2. The maximum atomic E-state index is 14.3. The first kappa shape index (κ1) is 15.7. The molecule has 1 amide bonds. The van der Waals surface area contributed by atoms with Crippen molar-refractivity contribution in [3.63, 3.8) is 0 Å². The number of fused-ring (bicyclic) bond motifs is 1. The van der Waals surface area contributed by atoms with Gasteiger partial charge in [0.1, 0.15) is 5.82 Å². The number of aliphatic hydroxyl groups excluding tert-OH is 1. The molecule has 1 aromatic carbocycles. The number of rotatable bonds is 6. The molecule has 0 saturated carbocycles. The van der Waals surface area contributed by atoms with Gasteiger partial charge in [-0.1, -0.05) is 13.8 Å². The molecule has 0 spiro atoms. The number of anilines is 2. The summed E-state index contributed by atoms with van der Waals surface area (Å²) in [7, 11) is 1.60. The Bertz CT molecular complexity index is 534. The number of ether oxygens (including phenoxy) is 1. The van der Waals surface area contributed by atoms with Crippen molar-refractivity contribution in [2.75, 3.05) is 37.0 Å². The zero-order valence-corrected chi connectivity index (χ0v) is 12.5. The third-order valence-electron chi connectivity index (χ3n) is 3.41. The van der Waals surface area contributed by atoms with Crippen LogP contribution in [0.15, 0.2) is 12.1 Å². The Morgan fingerprint density at radius 1 is 1.48 bits per heavy atom. The summed E-state index contributed by atoms with van der Waals surface area (Å²) in [6.07, 6.45) is -1.29. The second-order valence-electron chi connectivity index (χ2n) is 5.62. The van der Waals surface area contributed by atoms with Crippen molar-refractivity contribution in [1.29, 1.82) is 0 Å². The summed E-state index contributed by atoms with van der Waals surface area (Å²) in [5.74, 6) is -0.607. The van der Waals surface area contributed by atoms with Crippen molar-refractivity contribution in [3.05, 3.63) is 23.5 Å². The first-order valence-corrected chi connectivity index (χ1v) is 7.00. The standard InChI is InChI=1S/C15H21FN2O3/c1-9(2)8-18(4-5-21-3)13-7-12-10(6-11(13)16)14(19)15(20)17-12/h6-7,9,14,19H,4-5,8H2,1-3H3,(H,17,20). The fraction of sp³-hybridized carbons (Fsp3) is 0.533. The minimum Gasteiger partial charge on any atom is -0.383 e. The molecule has 0 radical (unpaired) electrons. The average molecular weight is 296 g/mol. The Morgan fingerprint density at radius 3 is 2.81 bits per heavy atom. The van der Waals surface area contributed by atoms with Gasteiger partial charge < -0.3 is 20.1 Å². The quantitative estimate of drug-likeness (QED) is 0.842. The number of benzene rings is 1. The minimum absolute atomic E-state index is 0.289. The van der Waals surface area contributed by atoms with Crippen molar-refractivity contribution in [2.24, 2.45) is 5.92 Å². The summed E-state index contributed by atoms with van der Waals surface area (Å²) >= 11 is 0. The van der Waals surface area contributed by atoms with Crippen LogP contribution < -0.4 is 10.2 Å². The number of nitrogens with zero attached hydrogens (tertiary/aromatic N) is 1. The van der Waals surface area contributed by atoms with Gasteiger partial charge in [0.15, 0.2) is 6.10 Å². The molecule has 1 atom stereocenters. The number of methoxy groups -OCH3 is 1. The lowest BCUT2D eigenvalue weighted by molar-refractivity contribution is -0.123. The number of aliphatic hydroxyl groups is 1. The molecule has 1 heterocycles. The number of carbonyl (C=O) groups is 1. The van der Waals surface area contributed by atoms with Crippen LogP contribution in [0.1, 0.15) is 25.5 Å². The Kier molecular flexibility index (Phi) is 4.80. The molecule has 6 heteroatoms. The fourth-order valence-electron chi connectivity index (χ4n) is 2.45. The van der Waals surface area contributed by atoms with Gasteiger partial charge in [-0.15, -0.1) is 0 Å². The summed E-state index contributed by atoms with van der Waals surface area (Å²) in [6.45, 7) is 5.82. The van der Waals surface area contributed by atoms with Crippen LogP contribution in [0.25, 0.3) is 0 Å². The molecule has 0 fully saturated rings. The summed E-state index contributed by atoms with van der Waals surface area (Å²) < 4.78 is 19.4. The monoisotopic (exact) mass is 296 g/mol. The van der Waals surface area contributed by atoms with Gasteiger partial charge in [-0.2, -0.15) is 0 Å². The van der Waals surface area contributed by atoms with Gasteiger partial charge in [0.25, 0.3) is 5.91 Å². The van der Waals surface area contributed by atoms with E-state index in [-0.39, 0.29) is 5.56 Å². The molecular weight excluding hydrogens is 275 g/mol. The highest BCUT2D eigenvalue weighted by molar-refractivity contribution is 6.02. The largest absolute Gasteiger partial charge is 0.383 e. The topological polar surface area (TPSA) is 61.8 Å². The number of nitrogens with one attached hydrogen (secondary N) is 1. The van der Waals surface area contributed by atoms with Crippen molar-refractivity contribution in [2.45, 2.75) is 20.0 Å². The smallest absolute Gasteiger partial charge is 0.257 e. The van der Waals surface area contributed by atoms with E-state index < -0.39 is 17.8 Å². The molecule has 1 aromatic rings. The van der Waals surface area contributed by atoms with E-state index in [1.807, 2.05) is 4.90 Å². The van der Waals surface area contributed by atoms with E-state index in [1.54, 1.807) is 13.2 Å². The highest BCUT2D eigenvalue weighted by atomic mass is 19.1. The molecule has 0 saturated heterocycles. The minimum atomic E-state index is -1.29. The zero-order valence-electron chi connectivity index (χ0n) is 12.5. The summed E-state index contributed by atoms with van der Waals surface area (Å²) in [5.41, 5.74) is 1.17. The molecular formula is C15H21FN2O3. The van der Waals surface area contributed by atoms with Crippen LogP contribution in [0.5, 0.6) is 0 Å². The molecule has 116 valence electrons. The molecule has 1 unspecified atom stereocenters. The van der Waals surface area contributed by atoms with Crippen LogP contribution in [0.3, 0.4) is 0 Å². The van der Waals surface area contributed by atoms with Crippen LogP contribution >= 0.6 is 0 Å². The number of halogens is 1. The maximum Gasteiger partial charge on any atom is 0.257 e. The average Bonchev–Trinajstić information content (AvgIpc) is 2.69. The van der Waals surface area contributed by atoms with Gasteiger partial charge in [0, 0.05) is 31.5 Å². The first-order chi connectivity index (χ1) is 9.93. The van der Waals surface area contributed by atoms with E-state index in [2.05, 4.69) is 19.2 Å². The third-order valence-corrected chi connectivity index (χ3v) is 3.41. The highest BCUT2D eigenvalue weighted by Crippen LogP contribution is 2.36. The van der Waals surface area contributed by atoms with Crippen LogP contribution in [0.4, 0.5) is 15.8 Å². The van der Waals surface area contributed by atoms with E-state index in [0.29, 0.717) is 37.0 Å². The lowest BCUT2D eigenvalue weighted by atomic mass is 10.1. The van der Waals surface area contributed by atoms with Crippen molar-refractivity contribution >= 4 is 17.3 Å². The Labute approximate surface area is 123 Å². The van der Waals surface area contributed by atoms with Crippen molar-refractivity contribution in [1.82, 2.24) is 0 Å². The molecule has 21 heavy (non-hydrogen) atoms. The van der Waals surface area contributed by atoms with E-state index in [9.17, 15) is 14.3 Å². The van der Waals surface area contributed by atoms with E-state index >= 15 is 0 Å². The van der Waals surface area contributed by atoms with Crippen LogP contribution in [-0.4, -0.2) is 37.8 Å². The Hall–Kier alpha value is -1.66. The fourth-order valence-corrected chi connectivity index (χ4v) is 2.45. The van der Waals surface area contributed by atoms with Gasteiger partial charge >= 0.3 is 0 Å². The number of hydrogen-bond acceptors (Lipinski definition) is 4. The molecule has 1 aliphatic rings. The van der Waals surface area contributed by atoms with Gasteiger partial charge in [-0.05, 0) is 18.1 Å². The van der Waals surface area contributed by atoms with E-state index in [1.165, 1.54) is 6.07 Å². The van der Waals surface area contributed by atoms with Gasteiger partial charge in [0.2, 0.25) is 0 Å². The number of amides is 1. The normalized spacial score (nSPS) is 17.0. The Morgan fingerprint density at radius 2 is 2.19 bits per heavy atom. The zero-order chi connectivity index (χ0) is 15.6. The third kappa shape index (κ3) is 3.33. The van der Waals surface area contributed by atoms with Crippen molar-refractivity contribution in [3.8, 4) is 0 Å². The molecule has 0 aromatic heterocycles. The molecule has 1 aliphatic heterocycles. The van der Waals surface area contributed by atoms with E-state index in [4.69, 9.17) is 4.74 Å². The molecule has 0 bridgehead atoms. The SMILES string of the molecule is COCCN(CC(C)C)c1cc2c(cc1F)C(O)C(=O)N2. The Balaban J connectivity index is 2.33. The van der Waals surface area contributed by atoms with Gasteiger partial charge in [0.05, 0.1) is 12.3 Å². The first-order valence-electron chi connectivity index (χ1n) is 7.00. The lowest BCUT2D eigenvalue weighted by Gasteiger charge is -2.27. The van der Waals surface area contributed by atoms with Crippen LogP contribution in [-0.2, 0) is 9.53 Å².